The molecule has 4 aromatic rings. The minimum absolute atomic E-state index is 0.0500. The number of hydrogen-bond donors (Lipinski definition) is 2. The number of carboxylic acids is 1. The minimum Gasteiger partial charge on any atom is -0.507 e. The highest BCUT2D eigenvalue weighted by Gasteiger charge is 2.45. The van der Waals surface area contributed by atoms with Crippen LogP contribution in [0.4, 0.5) is 8.78 Å². The first-order valence-corrected chi connectivity index (χ1v) is 11.9. The number of methoxy groups -OCH3 is 3. The molecule has 3 aromatic carbocycles. The lowest BCUT2D eigenvalue weighted by molar-refractivity contribution is 0.0693. The van der Waals surface area contributed by atoms with E-state index in [1.165, 1.54) is 49.6 Å². The van der Waals surface area contributed by atoms with Crippen molar-refractivity contribution in [3.8, 4) is 34.1 Å². The number of aromatic nitrogens is 1. The van der Waals surface area contributed by atoms with Crippen molar-refractivity contribution in [2.45, 2.75) is 24.7 Å². The summed E-state index contributed by atoms with van der Waals surface area (Å²) in [4.78, 5) is 11.9. The summed E-state index contributed by atoms with van der Waals surface area (Å²) in [5, 5.41) is 21.0. The maximum Gasteiger partial charge on any atom is 0.339 e. The quantitative estimate of drug-likeness (QED) is 0.290. The van der Waals surface area contributed by atoms with Crippen molar-refractivity contribution >= 4 is 16.9 Å². The third-order valence-corrected chi connectivity index (χ3v) is 7.25. The number of carbonyl (C=O) groups is 1. The SMILES string of the molecule is [2H]C([2H])([2H])Oc1cc(-c2c(C3(COC)CCC3)n(-c3ccc(F)c(OC)c3)c3cc(F)cc(O)c23)ccc1C(=O)O. The fraction of sp³-hybridized carbons (Fsp3) is 0.276. The second-order valence-corrected chi connectivity index (χ2v) is 9.38. The summed E-state index contributed by atoms with van der Waals surface area (Å²) in [7, 11) is -0.0713. The number of phenolic OH excluding ortho intramolecular Hbond substituents is 1. The number of carboxylic acid groups (broad SMARTS) is 1. The van der Waals surface area contributed by atoms with Crippen molar-refractivity contribution in [3.05, 3.63) is 71.4 Å². The first-order chi connectivity index (χ1) is 19.4. The number of nitrogens with zero attached hydrogens (tertiary/aromatic N) is 1. The lowest BCUT2D eigenvalue weighted by Gasteiger charge is -2.43. The first-order valence-electron chi connectivity index (χ1n) is 13.4. The van der Waals surface area contributed by atoms with E-state index in [2.05, 4.69) is 0 Å². The van der Waals surface area contributed by atoms with Crippen LogP contribution in [-0.4, -0.2) is 48.6 Å². The second-order valence-electron chi connectivity index (χ2n) is 9.38. The number of aromatic hydroxyl groups is 1. The van der Waals surface area contributed by atoms with Crippen LogP contribution in [0.15, 0.2) is 48.5 Å². The Morgan fingerprint density at radius 2 is 1.87 bits per heavy atom. The molecular weight excluding hydrogens is 496 g/mol. The smallest absolute Gasteiger partial charge is 0.339 e. The highest BCUT2D eigenvalue weighted by Crippen LogP contribution is 2.53. The third-order valence-electron chi connectivity index (χ3n) is 7.25. The van der Waals surface area contributed by atoms with Crippen molar-refractivity contribution in [2.24, 2.45) is 0 Å². The molecule has 1 fully saturated rings. The number of aromatic carboxylic acids is 1. The molecule has 2 N–H and O–H groups in total. The van der Waals surface area contributed by atoms with E-state index in [9.17, 15) is 23.8 Å². The molecule has 1 aromatic heterocycles. The van der Waals surface area contributed by atoms with Gasteiger partial charge in [0.15, 0.2) is 11.6 Å². The molecule has 198 valence electrons. The molecule has 9 heteroatoms. The first kappa shape index (κ1) is 21.9. The van der Waals surface area contributed by atoms with Crippen molar-refractivity contribution in [2.75, 3.05) is 27.9 Å². The number of fused-ring (bicyclic) bond motifs is 1. The Bertz CT molecular complexity index is 1660. The van der Waals surface area contributed by atoms with E-state index in [-0.39, 0.29) is 28.8 Å². The van der Waals surface area contributed by atoms with E-state index in [1.807, 2.05) is 0 Å². The normalized spacial score (nSPS) is 15.8. The van der Waals surface area contributed by atoms with E-state index in [4.69, 9.17) is 18.3 Å². The summed E-state index contributed by atoms with van der Waals surface area (Å²) in [6, 6.07) is 10.4. The second kappa shape index (κ2) is 9.64. The van der Waals surface area contributed by atoms with Gasteiger partial charge >= 0.3 is 5.97 Å². The van der Waals surface area contributed by atoms with Crippen LogP contribution in [0, 0.1) is 11.6 Å². The van der Waals surface area contributed by atoms with E-state index in [1.54, 1.807) is 11.7 Å². The Balaban J connectivity index is 1.94. The molecule has 0 atom stereocenters. The van der Waals surface area contributed by atoms with E-state index in [0.717, 1.165) is 12.5 Å². The Hall–Kier alpha value is -4.11. The van der Waals surface area contributed by atoms with Crippen molar-refractivity contribution in [1.82, 2.24) is 4.57 Å². The predicted octanol–water partition coefficient (Wildman–Crippen LogP) is 6.06. The van der Waals surface area contributed by atoms with Crippen molar-refractivity contribution < 1.29 is 42.1 Å². The zero-order valence-electron chi connectivity index (χ0n) is 23.7. The summed E-state index contributed by atoms with van der Waals surface area (Å²) in [6.45, 7) is 0.254. The van der Waals surface area contributed by atoms with Gasteiger partial charge in [-0.2, -0.15) is 0 Å². The Labute approximate surface area is 222 Å². The van der Waals surface area contributed by atoms with Gasteiger partial charge in [-0.1, -0.05) is 12.5 Å². The van der Waals surface area contributed by atoms with Crippen LogP contribution >= 0.6 is 0 Å². The maximum atomic E-state index is 14.8. The van der Waals surface area contributed by atoms with Crippen molar-refractivity contribution in [1.29, 1.82) is 0 Å². The van der Waals surface area contributed by atoms with E-state index < -0.39 is 41.6 Å². The van der Waals surface area contributed by atoms with Gasteiger partial charge in [-0.3, -0.25) is 0 Å². The van der Waals surface area contributed by atoms with Gasteiger partial charge < -0.3 is 29.0 Å². The van der Waals surface area contributed by atoms with Gasteiger partial charge in [0, 0.05) is 41.6 Å². The Kier molecular flexibility index (Phi) is 5.57. The molecule has 1 heterocycles. The molecule has 1 aliphatic rings. The highest BCUT2D eigenvalue weighted by molar-refractivity contribution is 6.04. The third kappa shape index (κ3) is 3.94. The van der Waals surface area contributed by atoms with Gasteiger partial charge in [-0.15, -0.1) is 0 Å². The van der Waals surface area contributed by atoms with Gasteiger partial charge in [-0.25, -0.2) is 13.6 Å². The van der Waals surface area contributed by atoms with E-state index >= 15 is 0 Å². The summed E-state index contributed by atoms with van der Waals surface area (Å²) in [6.07, 6.45) is 2.18. The van der Waals surface area contributed by atoms with Crippen LogP contribution < -0.4 is 9.47 Å². The molecule has 7 nitrogen and oxygen atoms in total. The molecule has 0 bridgehead atoms. The number of ether oxygens (including phenoxy) is 3. The van der Waals surface area contributed by atoms with Gasteiger partial charge in [0.05, 0.1) is 35.8 Å². The predicted molar refractivity (Wildman–Crippen MR) is 138 cm³/mol. The average molecular weight is 527 g/mol. The molecule has 1 aliphatic carbocycles. The molecule has 0 unspecified atom stereocenters. The van der Waals surface area contributed by atoms with Crippen LogP contribution in [0.1, 0.15) is 39.4 Å². The maximum absolute atomic E-state index is 14.8. The van der Waals surface area contributed by atoms with Crippen LogP contribution in [0.5, 0.6) is 17.2 Å². The summed E-state index contributed by atoms with van der Waals surface area (Å²) >= 11 is 0. The molecule has 0 amide bonds. The molecule has 0 spiro atoms. The lowest BCUT2D eigenvalue weighted by Crippen LogP contribution is -2.41. The Morgan fingerprint density at radius 3 is 2.50 bits per heavy atom. The average Bonchev–Trinajstić information content (AvgIpc) is 3.20. The number of halogens is 2. The highest BCUT2D eigenvalue weighted by atomic mass is 19.1. The molecule has 5 rings (SSSR count). The van der Waals surface area contributed by atoms with Gasteiger partial charge in [0.25, 0.3) is 0 Å². The summed E-state index contributed by atoms with van der Waals surface area (Å²) in [5.74, 6) is -3.56. The van der Waals surface area contributed by atoms with Gasteiger partial charge in [-0.05, 0) is 48.7 Å². The lowest BCUT2D eigenvalue weighted by atomic mass is 9.65. The number of phenols is 1. The van der Waals surface area contributed by atoms with E-state index in [0.29, 0.717) is 35.3 Å². The monoisotopic (exact) mass is 526 g/mol. The van der Waals surface area contributed by atoms with Crippen LogP contribution in [0.25, 0.3) is 27.7 Å². The van der Waals surface area contributed by atoms with Crippen LogP contribution in [-0.2, 0) is 10.2 Å². The van der Waals surface area contributed by atoms with Crippen molar-refractivity contribution in [3.63, 3.8) is 0 Å². The largest absolute Gasteiger partial charge is 0.507 e. The minimum atomic E-state index is -2.94. The van der Waals surface area contributed by atoms with Crippen LogP contribution in [0.2, 0.25) is 0 Å². The van der Waals surface area contributed by atoms with Gasteiger partial charge in [0.1, 0.15) is 22.9 Å². The summed E-state index contributed by atoms with van der Waals surface area (Å²) < 4.78 is 69.6. The fourth-order valence-corrected chi connectivity index (χ4v) is 5.47. The fourth-order valence-electron chi connectivity index (χ4n) is 5.47. The topological polar surface area (TPSA) is 90.2 Å². The molecule has 0 aliphatic heterocycles. The van der Waals surface area contributed by atoms with Crippen LogP contribution in [0.3, 0.4) is 0 Å². The molecule has 38 heavy (non-hydrogen) atoms. The zero-order chi connectivity index (χ0) is 29.7. The molecular formula is C29H27F2NO6. The number of hydrogen-bond acceptors (Lipinski definition) is 5. The Morgan fingerprint density at radius 1 is 1.08 bits per heavy atom. The molecule has 0 saturated heterocycles. The standard InChI is InChI=1S/C29H27F2NO6/c1-36-15-29(9-4-10-29)27-25(16-5-7-19(28(34)35)23(11-16)37-2)26-21(12-17(30)13-22(26)33)32(27)18-6-8-20(31)24(14-18)38-3/h5-8,11-14,33H,4,9-10,15H2,1-3H3,(H,34,35)/i2D3. The number of rotatable bonds is 8. The molecule has 1 saturated carbocycles. The van der Waals surface area contributed by atoms with Gasteiger partial charge in [0.2, 0.25) is 0 Å². The molecule has 0 radical (unpaired) electrons. The number of benzene rings is 3. The summed E-state index contributed by atoms with van der Waals surface area (Å²) in [5.41, 5.74) is 0.995. The zero-order valence-corrected chi connectivity index (χ0v) is 20.7.